The Kier molecular flexibility index (Phi) is 6.84. The Morgan fingerprint density at radius 1 is 0.707 bits per heavy atom. The summed E-state index contributed by atoms with van der Waals surface area (Å²) >= 11 is 0. The van der Waals surface area contributed by atoms with Crippen molar-refractivity contribution >= 4 is 17.1 Å². The van der Waals surface area contributed by atoms with Gasteiger partial charge in [0.2, 0.25) is 0 Å². The summed E-state index contributed by atoms with van der Waals surface area (Å²) in [6.45, 7) is 4.38. The van der Waals surface area contributed by atoms with Gasteiger partial charge in [-0.25, -0.2) is 0 Å². The van der Waals surface area contributed by atoms with Crippen molar-refractivity contribution in [3.63, 3.8) is 0 Å². The van der Waals surface area contributed by atoms with Crippen LogP contribution in [0.15, 0.2) is 144 Å². The molecule has 4 aliphatic rings. The molecule has 0 heterocycles. The van der Waals surface area contributed by atoms with Gasteiger partial charge in [0.05, 0.1) is 0 Å². The Morgan fingerprint density at radius 3 is 2.10 bits per heavy atom. The van der Waals surface area contributed by atoms with E-state index in [1.807, 2.05) is 0 Å². The molecule has 204 valence electrons. The SMILES string of the molecule is CC1=CCCC(N(C2=CC3CC3C=C2)c2ccc(-c3ccc(N(C4=CC=CCC4)c4cccc(C)c4)cc3)cc2)=C1. The van der Waals surface area contributed by atoms with E-state index in [9.17, 15) is 0 Å². The molecule has 0 saturated heterocycles. The van der Waals surface area contributed by atoms with Gasteiger partial charge >= 0.3 is 0 Å². The number of anilines is 3. The van der Waals surface area contributed by atoms with E-state index >= 15 is 0 Å². The lowest BCUT2D eigenvalue weighted by Gasteiger charge is -2.31. The van der Waals surface area contributed by atoms with Crippen LogP contribution >= 0.6 is 0 Å². The van der Waals surface area contributed by atoms with Crippen LogP contribution in [0.1, 0.15) is 44.6 Å². The largest absolute Gasteiger partial charge is 0.315 e. The second-order valence-electron chi connectivity index (χ2n) is 11.9. The van der Waals surface area contributed by atoms with Crippen LogP contribution in [-0.2, 0) is 0 Å². The topological polar surface area (TPSA) is 6.48 Å². The summed E-state index contributed by atoms with van der Waals surface area (Å²) in [5.41, 5.74) is 12.8. The van der Waals surface area contributed by atoms with Crippen LogP contribution in [0.3, 0.4) is 0 Å². The van der Waals surface area contributed by atoms with Gasteiger partial charge in [0.1, 0.15) is 0 Å². The van der Waals surface area contributed by atoms with Gasteiger partial charge in [-0.3, -0.25) is 0 Å². The van der Waals surface area contributed by atoms with E-state index in [2.05, 4.69) is 145 Å². The van der Waals surface area contributed by atoms with Gasteiger partial charge in [0.15, 0.2) is 0 Å². The van der Waals surface area contributed by atoms with Crippen molar-refractivity contribution in [3.05, 3.63) is 150 Å². The molecule has 3 aromatic carbocycles. The molecule has 2 atom stereocenters. The molecular weight excluding hydrogens is 496 g/mol. The van der Waals surface area contributed by atoms with Crippen LogP contribution in [0.4, 0.5) is 17.1 Å². The zero-order valence-electron chi connectivity index (χ0n) is 24.1. The van der Waals surface area contributed by atoms with Gasteiger partial charge in [-0.2, -0.15) is 0 Å². The van der Waals surface area contributed by atoms with Crippen LogP contribution in [0, 0.1) is 18.8 Å². The minimum atomic E-state index is 0.718. The fraction of sp³-hybridized carbons (Fsp3) is 0.231. The lowest BCUT2D eigenvalue weighted by Crippen LogP contribution is -2.23. The molecule has 3 aromatic rings. The summed E-state index contributed by atoms with van der Waals surface area (Å²) in [5, 5.41) is 0. The van der Waals surface area contributed by atoms with Crippen LogP contribution in [-0.4, -0.2) is 0 Å². The third-order valence-corrected chi connectivity index (χ3v) is 8.72. The van der Waals surface area contributed by atoms with Crippen molar-refractivity contribution in [1.82, 2.24) is 0 Å². The average Bonchev–Trinajstić information content (AvgIpc) is 3.78. The quantitative estimate of drug-likeness (QED) is 0.297. The van der Waals surface area contributed by atoms with E-state index in [-0.39, 0.29) is 0 Å². The summed E-state index contributed by atoms with van der Waals surface area (Å²) in [4.78, 5) is 4.89. The third kappa shape index (κ3) is 5.39. The molecule has 0 aromatic heterocycles. The molecule has 0 N–H and O–H groups in total. The molecule has 0 spiro atoms. The Bertz CT molecular complexity index is 1630. The first-order valence-electron chi connectivity index (χ1n) is 15.1. The molecule has 0 amide bonds. The van der Waals surface area contributed by atoms with E-state index in [0.717, 1.165) is 37.5 Å². The Balaban J connectivity index is 1.18. The van der Waals surface area contributed by atoms with Crippen LogP contribution < -0.4 is 9.80 Å². The minimum absolute atomic E-state index is 0.718. The number of nitrogens with zero attached hydrogens (tertiary/aromatic N) is 2. The number of hydrogen-bond acceptors (Lipinski definition) is 2. The number of rotatable bonds is 7. The van der Waals surface area contributed by atoms with Gasteiger partial charge < -0.3 is 9.80 Å². The van der Waals surface area contributed by atoms with Gasteiger partial charge in [0, 0.05) is 34.2 Å². The molecule has 4 aliphatic carbocycles. The fourth-order valence-electron chi connectivity index (χ4n) is 6.42. The molecule has 2 heteroatoms. The number of fused-ring (bicyclic) bond motifs is 1. The maximum Gasteiger partial charge on any atom is 0.0461 e. The van der Waals surface area contributed by atoms with Crippen LogP contribution in [0.5, 0.6) is 0 Å². The number of allylic oxidation sites excluding steroid dienone is 11. The van der Waals surface area contributed by atoms with Gasteiger partial charge in [-0.05, 0) is 129 Å². The normalized spacial score (nSPS) is 20.8. The summed E-state index contributed by atoms with van der Waals surface area (Å²) in [5.74, 6) is 1.48. The van der Waals surface area contributed by atoms with E-state index in [0.29, 0.717) is 0 Å². The third-order valence-electron chi connectivity index (χ3n) is 8.72. The van der Waals surface area contributed by atoms with E-state index in [1.165, 1.54) is 62.8 Å². The Hall–Kier alpha value is -4.30. The molecule has 1 saturated carbocycles. The highest BCUT2D eigenvalue weighted by Crippen LogP contribution is 2.46. The standard InChI is InChI=1S/C39H38N2/c1-28-8-6-12-37(24-28)40(34-10-4-3-5-11-34)35-19-14-30(15-20-35)31-16-21-36(22-17-31)41(38-13-7-9-29(2)25-38)39-23-18-32-26-33(32)27-39/h3-4,6,8-10,12,14-25,27,32-33H,5,7,11,13,26H2,1-2H3. The van der Waals surface area contributed by atoms with Crippen molar-refractivity contribution in [2.75, 3.05) is 9.80 Å². The molecule has 1 fully saturated rings. The van der Waals surface area contributed by atoms with Gasteiger partial charge in [-0.1, -0.05) is 72.4 Å². The first-order chi connectivity index (χ1) is 20.1. The van der Waals surface area contributed by atoms with Crippen molar-refractivity contribution in [2.24, 2.45) is 11.8 Å². The van der Waals surface area contributed by atoms with Crippen molar-refractivity contribution in [3.8, 4) is 11.1 Å². The smallest absolute Gasteiger partial charge is 0.0461 e. The molecule has 2 unspecified atom stereocenters. The highest BCUT2D eigenvalue weighted by molar-refractivity contribution is 5.74. The van der Waals surface area contributed by atoms with E-state index < -0.39 is 0 Å². The summed E-state index contributed by atoms with van der Waals surface area (Å²) in [6.07, 6.45) is 24.2. The lowest BCUT2D eigenvalue weighted by molar-refractivity contribution is 0.871. The number of benzene rings is 3. The molecule has 0 aliphatic heterocycles. The predicted octanol–water partition coefficient (Wildman–Crippen LogP) is 10.6. The monoisotopic (exact) mass is 534 g/mol. The van der Waals surface area contributed by atoms with Crippen LogP contribution in [0.25, 0.3) is 11.1 Å². The van der Waals surface area contributed by atoms with E-state index in [4.69, 9.17) is 0 Å². The molecule has 2 nitrogen and oxygen atoms in total. The van der Waals surface area contributed by atoms with Crippen molar-refractivity contribution < 1.29 is 0 Å². The predicted molar refractivity (Wildman–Crippen MR) is 174 cm³/mol. The highest BCUT2D eigenvalue weighted by Gasteiger charge is 2.36. The molecule has 41 heavy (non-hydrogen) atoms. The number of aryl methyl sites for hydroxylation is 1. The van der Waals surface area contributed by atoms with Gasteiger partial charge in [-0.15, -0.1) is 0 Å². The first kappa shape index (κ1) is 25.7. The zero-order chi connectivity index (χ0) is 27.8. The van der Waals surface area contributed by atoms with Gasteiger partial charge in [0.25, 0.3) is 0 Å². The molecule has 7 rings (SSSR count). The fourth-order valence-corrected chi connectivity index (χ4v) is 6.42. The summed E-state index contributed by atoms with van der Waals surface area (Å²) in [6, 6.07) is 27.0. The average molecular weight is 535 g/mol. The second-order valence-corrected chi connectivity index (χ2v) is 11.9. The first-order valence-corrected chi connectivity index (χ1v) is 15.1. The maximum atomic E-state index is 2.49. The summed E-state index contributed by atoms with van der Waals surface area (Å²) in [7, 11) is 0. The van der Waals surface area contributed by atoms with Crippen molar-refractivity contribution in [2.45, 2.75) is 46.0 Å². The minimum Gasteiger partial charge on any atom is -0.315 e. The van der Waals surface area contributed by atoms with E-state index in [1.54, 1.807) is 0 Å². The molecular formula is C39H38N2. The summed E-state index contributed by atoms with van der Waals surface area (Å²) < 4.78 is 0. The number of hydrogen-bond donors (Lipinski definition) is 0. The zero-order valence-corrected chi connectivity index (χ0v) is 24.1. The highest BCUT2D eigenvalue weighted by atomic mass is 15.2. The lowest BCUT2D eigenvalue weighted by atomic mass is 10.0. The molecule has 0 bridgehead atoms. The Labute approximate surface area is 245 Å². The van der Waals surface area contributed by atoms with Crippen molar-refractivity contribution in [1.29, 1.82) is 0 Å². The Morgan fingerprint density at radius 2 is 1.44 bits per heavy atom. The maximum absolute atomic E-state index is 2.49. The van der Waals surface area contributed by atoms with Crippen LogP contribution in [0.2, 0.25) is 0 Å². The molecule has 0 radical (unpaired) electrons. The second kappa shape index (κ2) is 10.9.